The van der Waals surface area contributed by atoms with Crippen LogP contribution in [0.2, 0.25) is 0 Å². The summed E-state index contributed by atoms with van der Waals surface area (Å²) in [5, 5.41) is 0. The number of benzene rings is 1. The normalized spacial score (nSPS) is 26.7. The highest BCUT2D eigenvalue weighted by Crippen LogP contribution is 2.65. The summed E-state index contributed by atoms with van der Waals surface area (Å²) in [4.78, 5) is 28.4. The van der Waals surface area contributed by atoms with Crippen molar-refractivity contribution in [3.05, 3.63) is 30.3 Å². The molecule has 3 aliphatic rings. The van der Waals surface area contributed by atoms with Crippen molar-refractivity contribution < 1.29 is 9.59 Å². The smallest absolute Gasteiger partial charge is 0.246 e. The van der Waals surface area contributed by atoms with Gasteiger partial charge in [0.1, 0.15) is 6.54 Å². The van der Waals surface area contributed by atoms with Gasteiger partial charge in [0.25, 0.3) is 0 Å². The maximum absolute atomic E-state index is 12.5. The molecule has 2 saturated carbocycles. The monoisotopic (exact) mass is 284 g/mol. The van der Waals surface area contributed by atoms with E-state index >= 15 is 0 Å². The summed E-state index contributed by atoms with van der Waals surface area (Å²) in [6.45, 7) is 1.50. The maximum Gasteiger partial charge on any atom is 0.246 e. The zero-order valence-corrected chi connectivity index (χ0v) is 12.1. The number of carbonyl (C=O) groups is 2. The Morgan fingerprint density at radius 3 is 2.48 bits per heavy atom. The third kappa shape index (κ3) is 2.04. The van der Waals surface area contributed by atoms with Gasteiger partial charge in [-0.15, -0.1) is 0 Å². The number of anilines is 1. The van der Waals surface area contributed by atoms with E-state index in [2.05, 4.69) is 0 Å². The lowest BCUT2D eigenvalue weighted by molar-refractivity contribution is -0.139. The second-order valence-corrected chi connectivity index (χ2v) is 6.61. The number of hydrogen-bond donors (Lipinski definition) is 0. The number of hydrogen-bond acceptors (Lipinski definition) is 2. The Morgan fingerprint density at radius 2 is 1.90 bits per heavy atom. The minimum atomic E-state index is 0.0316. The van der Waals surface area contributed by atoms with Gasteiger partial charge < -0.3 is 9.80 Å². The predicted molar refractivity (Wildman–Crippen MR) is 79.8 cm³/mol. The average molecular weight is 284 g/mol. The summed E-state index contributed by atoms with van der Waals surface area (Å²) in [7, 11) is 0. The predicted octanol–water partition coefficient (Wildman–Crippen LogP) is 2.05. The van der Waals surface area contributed by atoms with Gasteiger partial charge in [-0.25, -0.2) is 0 Å². The molecule has 0 N–H and O–H groups in total. The molecule has 1 heterocycles. The quantitative estimate of drug-likeness (QED) is 0.834. The van der Waals surface area contributed by atoms with Crippen LogP contribution in [0.1, 0.15) is 25.7 Å². The van der Waals surface area contributed by atoms with Gasteiger partial charge in [0.2, 0.25) is 11.8 Å². The standard InChI is InChI=1S/C17H20N2O2/c20-15-12-18(16(21)14-11-17(14)7-4-8-17)9-10-19(15)13-5-2-1-3-6-13/h1-3,5-6,14H,4,7-12H2/t14-/m1/s1. The van der Waals surface area contributed by atoms with E-state index in [0.717, 1.165) is 12.1 Å². The molecule has 1 aromatic carbocycles. The lowest BCUT2D eigenvalue weighted by atomic mass is 9.79. The molecule has 0 radical (unpaired) electrons. The van der Waals surface area contributed by atoms with Gasteiger partial charge in [0.05, 0.1) is 0 Å². The Kier molecular flexibility index (Phi) is 2.81. The lowest BCUT2D eigenvalue weighted by Gasteiger charge is -2.35. The van der Waals surface area contributed by atoms with Crippen LogP contribution in [0.5, 0.6) is 0 Å². The second kappa shape index (κ2) is 4.58. The van der Waals surface area contributed by atoms with E-state index in [4.69, 9.17) is 0 Å². The Hall–Kier alpha value is -1.84. The third-order valence-electron chi connectivity index (χ3n) is 5.44. The molecule has 0 unspecified atom stereocenters. The topological polar surface area (TPSA) is 40.6 Å². The highest BCUT2D eigenvalue weighted by atomic mass is 16.2. The second-order valence-electron chi connectivity index (χ2n) is 6.61. The summed E-state index contributed by atoms with van der Waals surface area (Å²) in [5.74, 6) is 0.460. The molecule has 1 aliphatic heterocycles. The molecule has 110 valence electrons. The molecule has 1 atom stereocenters. The van der Waals surface area contributed by atoms with Gasteiger partial charge in [0.15, 0.2) is 0 Å². The number of piperazine rings is 1. The number of nitrogens with zero attached hydrogens (tertiary/aromatic N) is 2. The summed E-state index contributed by atoms with van der Waals surface area (Å²) < 4.78 is 0. The fourth-order valence-corrected chi connectivity index (χ4v) is 3.84. The van der Waals surface area contributed by atoms with Crippen molar-refractivity contribution in [1.29, 1.82) is 0 Å². The van der Waals surface area contributed by atoms with E-state index in [1.807, 2.05) is 30.3 Å². The Morgan fingerprint density at radius 1 is 1.14 bits per heavy atom. The Bertz CT molecular complexity index is 580. The zero-order chi connectivity index (χ0) is 14.4. The molecular weight excluding hydrogens is 264 g/mol. The van der Waals surface area contributed by atoms with Crippen molar-refractivity contribution in [1.82, 2.24) is 4.90 Å². The molecule has 3 fully saturated rings. The number of carbonyl (C=O) groups excluding carboxylic acids is 2. The van der Waals surface area contributed by atoms with Gasteiger partial charge in [-0.1, -0.05) is 24.6 Å². The van der Waals surface area contributed by atoms with E-state index in [1.165, 1.54) is 19.3 Å². The van der Waals surface area contributed by atoms with E-state index in [1.54, 1.807) is 9.80 Å². The van der Waals surface area contributed by atoms with Crippen LogP contribution >= 0.6 is 0 Å². The van der Waals surface area contributed by atoms with Crippen LogP contribution in [0.15, 0.2) is 30.3 Å². The number of para-hydroxylation sites is 1. The van der Waals surface area contributed by atoms with Crippen LogP contribution in [-0.4, -0.2) is 36.3 Å². The first-order chi connectivity index (χ1) is 10.2. The van der Waals surface area contributed by atoms with Crippen molar-refractivity contribution in [3.63, 3.8) is 0 Å². The van der Waals surface area contributed by atoms with Crippen molar-refractivity contribution in [2.75, 3.05) is 24.5 Å². The first-order valence-electron chi connectivity index (χ1n) is 7.84. The first-order valence-corrected chi connectivity index (χ1v) is 7.84. The summed E-state index contributed by atoms with van der Waals surface area (Å²) in [6, 6.07) is 9.70. The fraction of sp³-hybridized carbons (Fsp3) is 0.529. The highest BCUT2D eigenvalue weighted by Gasteiger charge is 2.61. The summed E-state index contributed by atoms with van der Waals surface area (Å²) in [6.07, 6.45) is 4.74. The van der Waals surface area contributed by atoms with Gasteiger partial charge in [-0.2, -0.15) is 0 Å². The molecule has 21 heavy (non-hydrogen) atoms. The molecular formula is C17H20N2O2. The van der Waals surface area contributed by atoms with E-state index < -0.39 is 0 Å². The molecule has 4 rings (SSSR count). The lowest BCUT2D eigenvalue weighted by Crippen LogP contribution is -2.53. The van der Waals surface area contributed by atoms with Crippen LogP contribution in [0, 0.1) is 11.3 Å². The fourth-order valence-electron chi connectivity index (χ4n) is 3.84. The average Bonchev–Trinajstić information content (AvgIpc) is 3.23. The number of rotatable bonds is 2. The van der Waals surface area contributed by atoms with Crippen molar-refractivity contribution in [2.24, 2.45) is 11.3 Å². The van der Waals surface area contributed by atoms with Crippen LogP contribution in [0.3, 0.4) is 0 Å². The van der Waals surface area contributed by atoms with Gasteiger partial charge in [-0.3, -0.25) is 9.59 Å². The number of amides is 2. The van der Waals surface area contributed by atoms with Gasteiger partial charge in [-0.05, 0) is 36.8 Å². The summed E-state index contributed by atoms with van der Waals surface area (Å²) in [5.41, 5.74) is 1.27. The molecule has 0 bridgehead atoms. The minimum absolute atomic E-state index is 0.0316. The van der Waals surface area contributed by atoms with E-state index in [0.29, 0.717) is 18.5 Å². The van der Waals surface area contributed by atoms with Crippen LogP contribution in [0.4, 0.5) is 5.69 Å². The third-order valence-corrected chi connectivity index (χ3v) is 5.44. The van der Waals surface area contributed by atoms with Crippen LogP contribution in [0.25, 0.3) is 0 Å². The summed E-state index contributed by atoms with van der Waals surface area (Å²) >= 11 is 0. The highest BCUT2D eigenvalue weighted by molar-refractivity contribution is 5.98. The molecule has 1 aromatic rings. The van der Waals surface area contributed by atoms with Gasteiger partial charge in [0, 0.05) is 24.7 Å². The molecule has 2 amide bonds. The first kappa shape index (κ1) is 12.9. The van der Waals surface area contributed by atoms with Crippen LogP contribution in [-0.2, 0) is 9.59 Å². The van der Waals surface area contributed by atoms with Crippen molar-refractivity contribution in [3.8, 4) is 0 Å². The van der Waals surface area contributed by atoms with Gasteiger partial charge >= 0.3 is 0 Å². The minimum Gasteiger partial charge on any atom is -0.331 e. The Balaban J connectivity index is 1.41. The molecule has 4 nitrogen and oxygen atoms in total. The van der Waals surface area contributed by atoms with E-state index in [9.17, 15) is 9.59 Å². The van der Waals surface area contributed by atoms with Crippen molar-refractivity contribution in [2.45, 2.75) is 25.7 Å². The molecule has 1 spiro atoms. The zero-order valence-electron chi connectivity index (χ0n) is 12.1. The van der Waals surface area contributed by atoms with Crippen LogP contribution < -0.4 is 4.90 Å². The maximum atomic E-state index is 12.5. The molecule has 0 aromatic heterocycles. The molecule has 4 heteroatoms. The molecule has 1 saturated heterocycles. The largest absolute Gasteiger partial charge is 0.331 e. The van der Waals surface area contributed by atoms with E-state index in [-0.39, 0.29) is 24.3 Å². The molecule has 2 aliphatic carbocycles. The van der Waals surface area contributed by atoms with Crippen molar-refractivity contribution >= 4 is 17.5 Å². The SMILES string of the molecule is O=C([C@H]1CC12CCC2)N1CCN(c2ccccc2)C(=O)C1. The Labute approximate surface area is 124 Å².